The van der Waals surface area contributed by atoms with Gasteiger partial charge in [0.25, 0.3) is 5.91 Å². The van der Waals surface area contributed by atoms with Gasteiger partial charge in [-0.15, -0.1) is 11.3 Å². The molecule has 1 aromatic carbocycles. The summed E-state index contributed by atoms with van der Waals surface area (Å²) < 4.78 is 48.3. The van der Waals surface area contributed by atoms with Crippen molar-refractivity contribution < 1.29 is 27.5 Å². The van der Waals surface area contributed by atoms with E-state index in [1.807, 2.05) is 11.0 Å². The van der Waals surface area contributed by atoms with E-state index in [9.17, 15) is 22.8 Å². The lowest BCUT2D eigenvalue weighted by Gasteiger charge is -2.31. The molecular formula is C26H25F3N6O3S. The fourth-order valence-corrected chi connectivity index (χ4v) is 5.42. The summed E-state index contributed by atoms with van der Waals surface area (Å²) in [7, 11) is 1.78. The second-order valence-electron chi connectivity index (χ2n) is 9.29. The molecule has 0 unspecified atom stereocenters. The van der Waals surface area contributed by atoms with Crippen molar-refractivity contribution >= 4 is 34.2 Å². The highest BCUT2D eigenvalue weighted by Crippen LogP contribution is 2.39. The van der Waals surface area contributed by atoms with Crippen LogP contribution < -0.4 is 10.5 Å². The number of primary amides is 1. The number of pyridine rings is 1. The number of rotatable bonds is 7. The third kappa shape index (κ3) is 5.45. The molecule has 2 amide bonds. The highest BCUT2D eigenvalue weighted by Gasteiger charge is 2.35. The predicted molar refractivity (Wildman–Crippen MR) is 139 cm³/mol. The summed E-state index contributed by atoms with van der Waals surface area (Å²) in [6.45, 7) is 3.63. The van der Waals surface area contributed by atoms with Crippen LogP contribution in [0.15, 0.2) is 48.9 Å². The van der Waals surface area contributed by atoms with Crippen molar-refractivity contribution in [2.24, 2.45) is 5.73 Å². The maximum absolute atomic E-state index is 13.5. The molecule has 0 aliphatic carbocycles. The normalized spacial score (nSPS) is 15.6. The van der Waals surface area contributed by atoms with E-state index in [0.717, 1.165) is 29.6 Å². The summed E-state index contributed by atoms with van der Waals surface area (Å²) in [5.41, 5.74) is 6.79. The van der Waals surface area contributed by atoms with Gasteiger partial charge in [0.2, 0.25) is 5.91 Å². The summed E-state index contributed by atoms with van der Waals surface area (Å²) in [5, 5.41) is 0.546. The largest absolute Gasteiger partial charge is 0.484 e. The van der Waals surface area contributed by atoms with E-state index in [0.29, 0.717) is 35.7 Å². The summed E-state index contributed by atoms with van der Waals surface area (Å²) in [6.07, 6.45) is -2.36. The predicted octanol–water partition coefficient (Wildman–Crippen LogP) is 4.01. The Hall–Kier alpha value is -3.97. The number of nitrogens with two attached hydrogens (primary N) is 1. The Morgan fingerprint density at radius 3 is 2.69 bits per heavy atom. The molecule has 2 N–H and O–H groups in total. The number of benzene rings is 1. The van der Waals surface area contributed by atoms with Crippen molar-refractivity contribution in [3.63, 3.8) is 0 Å². The van der Waals surface area contributed by atoms with Gasteiger partial charge in [-0.3, -0.25) is 24.0 Å². The van der Waals surface area contributed by atoms with Crippen LogP contribution in [0.25, 0.3) is 16.0 Å². The van der Waals surface area contributed by atoms with E-state index in [4.69, 9.17) is 10.5 Å². The minimum Gasteiger partial charge on any atom is -0.484 e. The molecule has 4 heterocycles. The van der Waals surface area contributed by atoms with Gasteiger partial charge in [-0.2, -0.15) is 13.2 Å². The molecule has 4 aromatic rings. The highest BCUT2D eigenvalue weighted by molar-refractivity contribution is 7.16. The number of carbonyl (C=O) groups excluding carboxylic acids is 2. The maximum Gasteiger partial charge on any atom is 0.416 e. The van der Waals surface area contributed by atoms with Crippen LogP contribution in [0.2, 0.25) is 0 Å². The maximum atomic E-state index is 13.5. The molecule has 1 aliphatic heterocycles. The van der Waals surface area contributed by atoms with Gasteiger partial charge in [0.1, 0.15) is 33.6 Å². The summed E-state index contributed by atoms with van der Waals surface area (Å²) >= 11 is 1.05. The number of amides is 2. The molecule has 0 bridgehead atoms. The molecule has 3 aromatic heterocycles. The number of thiophene rings is 1. The van der Waals surface area contributed by atoms with E-state index >= 15 is 0 Å². The van der Waals surface area contributed by atoms with Crippen molar-refractivity contribution in [1.82, 2.24) is 24.3 Å². The number of ether oxygens (including phenoxy) is 1. The van der Waals surface area contributed by atoms with E-state index in [-0.39, 0.29) is 22.1 Å². The fourth-order valence-electron chi connectivity index (χ4n) is 4.49. The zero-order valence-corrected chi connectivity index (χ0v) is 21.9. The fraction of sp³-hybridized carbons (Fsp3) is 0.308. The van der Waals surface area contributed by atoms with Gasteiger partial charge in [-0.1, -0.05) is 18.2 Å². The minimum atomic E-state index is -4.56. The Morgan fingerprint density at radius 1 is 1.21 bits per heavy atom. The second kappa shape index (κ2) is 10.3. The number of likely N-dealkylation sites (N-methyl/N-ethyl adjacent to an activating group) is 1. The second-order valence-corrected chi connectivity index (χ2v) is 10.3. The van der Waals surface area contributed by atoms with Gasteiger partial charge in [0, 0.05) is 38.3 Å². The Balaban J connectivity index is 1.45. The molecule has 13 heteroatoms. The minimum absolute atomic E-state index is 0.0459. The summed E-state index contributed by atoms with van der Waals surface area (Å²) in [5.74, 6) is -0.632. The number of imidazole rings is 1. The molecule has 5 rings (SSSR count). The number of aromatic nitrogens is 3. The highest BCUT2D eigenvalue weighted by atomic mass is 32.1. The molecule has 0 spiro atoms. The van der Waals surface area contributed by atoms with Gasteiger partial charge in [-0.05, 0) is 19.1 Å². The van der Waals surface area contributed by atoms with E-state index < -0.39 is 23.8 Å². The molecule has 39 heavy (non-hydrogen) atoms. The number of halogens is 3. The van der Waals surface area contributed by atoms with Crippen LogP contribution in [0.3, 0.4) is 0 Å². The molecule has 0 radical (unpaired) electrons. The number of alkyl halides is 3. The SMILES string of the molecule is C[C@@H](Oc1cc(-n2cnc3cnc(CN4CCN(C)C(=O)C4)cc32)sc1C(N)=O)c1ccccc1C(F)(F)F. The van der Waals surface area contributed by atoms with Crippen LogP contribution in [-0.2, 0) is 17.5 Å². The molecule has 1 atom stereocenters. The first-order valence-corrected chi connectivity index (χ1v) is 12.9. The standard InChI is InChI=1S/C26H25F3N6O3S/c1-15(17-5-3-4-6-18(17)26(27,28)29)38-21-10-23(39-24(21)25(30)37)35-14-32-19-11-31-16(9-20(19)35)12-34-8-7-33(2)22(36)13-34/h3-6,9-11,14-15H,7-8,12-13H2,1-2H3,(H2,30,37)/t15-/m1/s1. The van der Waals surface area contributed by atoms with Crippen LogP contribution in [0, 0.1) is 0 Å². The first-order valence-electron chi connectivity index (χ1n) is 12.1. The van der Waals surface area contributed by atoms with Gasteiger partial charge < -0.3 is 15.4 Å². The summed E-state index contributed by atoms with van der Waals surface area (Å²) in [4.78, 5) is 37.0. The van der Waals surface area contributed by atoms with Crippen LogP contribution in [-0.4, -0.2) is 62.8 Å². The topological polar surface area (TPSA) is 107 Å². The van der Waals surface area contributed by atoms with Gasteiger partial charge in [-0.25, -0.2) is 4.98 Å². The number of nitrogens with zero attached hydrogens (tertiary/aromatic N) is 5. The Labute approximate surface area is 225 Å². The third-order valence-corrected chi connectivity index (χ3v) is 7.70. The molecule has 1 fully saturated rings. The van der Waals surface area contributed by atoms with E-state index in [2.05, 4.69) is 9.97 Å². The zero-order chi connectivity index (χ0) is 27.9. The van der Waals surface area contributed by atoms with Crippen LogP contribution >= 0.6 is 11.3 Å². The van der Waals surface area contributed by atoms with Crippen molar-refractivity contribution in [1.29, 1.82) is 0 Å². The Kier molecular flexibility index (Phi) is 7.03. The lowest BCUT2D eigenvalue weighted by Crippen LogP contribution is -2.48. The van der Waals surface area contributed by atoms with Crippen molar-refractivity contribution in [3.05, 3.63) is 70.6 Å². The average Bonchev–Trinajstić information content (AvgIpc) is 3.49. The van der Waals surface area contributed by atoms with Crippen molar-refractivity contribution in [2.45, 2.75) is 25.7 Å². The van der Waals surface area contributed by atoms with E-state index in [1.165, 1.54) is 25.1 Å². The number of piperazine rings is 1. The number of hydrogen-bond donors (Lipinski definition) is 1. The number of fused-ring (bicyclic) bond motifs is 1. The lowest BCUT2D eigenvalue weighted by molar-refractivity contribution is -0.139. The van der Waals surface area contributed by atoms with Gasteiger partial charge in [0.05, 0.1) is 29.5 Å². The lowest BCUT2D eigenvalue weighted by atomic mass is 10.0. The number of hydrogen-bond acceptors (Lipinski definition) is 7. The first-order chi connectivity index (χ1) is 18.5. The molecule has 1 saturated heterocycles. The molecule has 1 aliphatic rings. The molecule has 9 nitrogen and oxygen atoms in total. The summed E-state index contributed by atoms with van der Waals surface area (Å²) in [6, 6.07) is 8.57. The monoisotopic (exact) mass is 558 g/mol. The van der Waals surface area contributed by atoms with Crippen LogP contribution in [0.4, 0.5) is 13.2 Å². The Bertz CT molecular complexity index is 1550. The number of carbonyl (C=O) groups is 2. The molecule has 0 saturated carbocycles. The quantitative estimate of drug-likeness (QED) is 0.367. The van der Waals surface area contributed by atoms with Gasteiger partial charge >= 0.3 is 6.18 Å². The van der Waals surface area contributed by atoms with Crippen LogP contribution in [0.5, 0.6) is 5.75 Å². The average molecular weight is 559 g/mol. The van der Waals surface area contributed by atoms with Crippen molar-refractivity contribution in [3.8, 4) is 10.8 Å². The van der Waals surface area contributed by atoms with Gasteiger partial charge in [0.15, 0.2) is 0 Å². The van der Waals surface area contributed by atoms with Crippen molar-refractivity contribution in [2.75, 3.05) is 26.7 Å². The van der Waals surface area contributed by atoms with E-state index in [1.54, 1.807) is 35.1 Å². The first kappa shape index (κ1) is 26.6. The Morgan fingerprint density at radius 2 is 1.97 bits per heavy atom. The molecule has 204 valence electrons. The smallest absolute Gasteiger partial charge is 0.416 e. The zero-order valence-electron chi connectivity index (χ0n) is 21.1. The van der Waals surface area contributed by atoms with Crippen LogP contribution in [0.1, 0.15) is 39.5 Å². The third-order valence-electron chi connectivity index (χ3n) is 6.57. The molecular weight excluding hydrogens is 533 g/mol.